The number of nitrogens with zero attached hydrogens (tertiary/aromatic N) is 3. The molecule has 0 saturated carbocycles. The number of piperazine rings is 1. The van der Waals surface area contributed by atoms with Crippen molar-refractivity contribution in [3.8, 4) is 5.75 Å². The predicted octanol–water partition coefficient (Wildman–Crippen LogP) is 3.55. The molecule has 0 atom stereocenters. The average Bonchev–Trinajstić information content (AvgIpc) is 2.81. The lowest BCUT2D eigenvalue weighted by atomic mass is 10.2. The maximum absolute atomic E-state index is 12.9. The summed E-state index contributed by atoms with van der Waals surface area (Å²) in [6, 6.07) is 13.2. The van der Waals surface area contributed by atoms with Gasteiger partial charge in [0, 0.05) is 45.0 Å². The molecule has 0 aliphatic carbocycles. The van der Waals surface area contributed by atoms with E-state index < -0.39 is 10.0 Å². The van der Waals surface area contributed by atoms with E-state index in [1.165, 1.54) is 4.31 Å². The van der Waals surface area contributed by atoms with Gasteiger partial charge >= 0.3 is 0 Å². The predicted molar refractivity (Wildman–Crippen MR) is 134 cm³/mol. The molecule has 32 heavy (non-hydrogen) atoms. The van der Waals surface area contributed by atoms with Gasteiger partial charge < -0.3 is 19.9 Å². The summed E-state index contributed by atoms with van der Waals surface area (Å²) in [7, 11) is -1.84. The Morgan fingerprint density at radius 2 is 1.75 bits per heavy atom. The third kappa shape index (κ3) is 5.16. The number of anilines is 2. The Morgan fingerprint density at radius 1 is 1.09 bits per heavy atom. The van der Waals surface area contributed by atoms with Crippen LogP contribution in [-0.2, 0) is 10.0 Å². The van der Waals surface area contributed by atoms with Gasteiger partial charge in [0.25, 0.3) is 0 Å². The Kier molecular flexibility index (Phi) is 7.97. The first-order chi connectivity index (χ1) is 15.3. The van der Waals surface area contributed by atoms with Gasteiger partial charge in [0.2, 0.25) is 10.0 Å². The van der Waals surface area contributed by atoms with E-state index in [4.69, 9.17) is 17.0 Å². The number of hydrogen-bond donors (Lipinski definition) is 1. The first-order valence-electron chi connectivity index (χ1n) is 10.9. The van der Waals surface area contributed by atoms with Crippen LogP contribution in [-0.4, -0.2) is 69.1 Å². The van der Waals surface area contributed by atoms with Crippen LogP contribution in [0.3, 0.4) is 0 Å². The zero-order valence-electron chi connectivity index (χ0n) is 19.2. The Morgan fingerprint density at radius 3 is 2.38 bits per heavy atom. The quantitative estimate of drug-likeness (QED) is 0.613. The summed E-state index contributed by atoms with van der Waals surface area (Å²) in [6.45, 7) is 9.66. The zero-order valence-corrected chi connectivity index (χ0v) is 20.8. The molecule has 0 bridgehead atoms. The van der Waals surface area contributed by atoms with Crippen LogP contribution < -0.4 is 15.0 Å². The van der Waals surface area contributed by atoms with Crippen molar-refractivity contribution in [2.75, 3.05) is 56.6 Å². The summed E-state index contributed by atoms with van der Waals surface area (Å²) in [5.41, 5.74) is 2.74. The Bertz CT molecular complexity index is 1050. The van der Waals surface area contributed by atoms with Crippen molar-refractivity contribution in [3.05, 3.63) is 48.0 Å². The van der Waals surface area contributed by atoms with Gasteiger partial charge in [-0.3, -0.25) is 0 Å². The van der Waals surface area contributed by atoms with Gasteiger partial charge in [0.05, 0.1) is 17.7 Å². The fourth-order valence-corrected chi connectivity index (χ4v) is 5.62. The normalized spacial score (nSPS) is 14.5. The van der Waals surface area contributed by atoms with Crippen LogP contribution in [0.1, 0.15) is 19.4 Å². The highest BCUT2D eigenvalue weighted by atomic mass is 32.2. The van der Waals surface area contributed by atoms with Gasteiger partial charge in [-0.25, -0.2) is 8.42 Å². The minimum atomic E-state index is -3.53. The lowest BCUT2D eigenvalue weighted by Gasteiger charge is -2.38. The molecule has 0 unspecified atom stereocenters. The molecular formula is C23H32N4O3S2. The molecule has 174 valence electrons. The number of aryl methyl sites for hydroxylation is 1. The van der Waals surface area contributed by atoms with Gasteiger partial charge in [0.1, 0.15) is 5.75 Å². The van der Waals surface area contributed by atoms with Crippen molar-refractivity contribution in [1.29, 1.82) is 0 Å². The molecule has 1 saturated heterocycles. The van der Waals surface area contributed by atoms with Crippen LogP contribution in [0.2, 0.25) is 0 Å². The molecule has 2 aromatic rings. The monoisotopic (exact) mass is 476 g/mol. The number of thiocarbonyl (C=S) groups is 1. The zero-order chi connectivity index (χ0) is 23.3. The SMILES string of the molecule is CCN(CC)S(=O)(=O)c1ccc(C)c(NC(=S)N2CCN(c3ccccc3OC)CC2)c1. The molecule has 0 radical (unpaired) electrons. The van der Waals surface area contributed by atoms with Crippen molar-refractivity contribution < 1.29 is 13.2 Å². The molecule has 1 heterocycles. The fraction of sp³-hybridized carbons (Fsp3) is 0.435. The standard InChI is InChI=1S/C23H32N4O3S2/c1-5-27(6-2)32(28,29)19-12-11-18(3)20(17-19)24-23(31)26-15-13-25(14-16-26)21-9-7-8-10-22(21)30-4/h7-12,17H,5-6,13-16H2,1-4H3,(H,24,31). The molecule has 1 aliphatic rings. The number of methoxy groups -OCH3 is 1. The Balaban J connectivity index is 1.69. The molecular weight excluding hydrogens is 444 g/mol. The molecule has 3 rings (SSSR count). The summed E-state index contributed by atoms with van der Waals surface area (Å²) < 4.78 is 32.8. The Labute approximate surface area is 197 Å². The largest absolute Gasteiger partial charge is 0.495 e. The van der Waals surface area contributed by atoms with Crippen molar-refractivity contribution in [2.45, 2.75) is 25.7 Å². The molecule has 0 spiro atoms. The van der Waals surface area contributed by atoms with Gasteiger partial charge in [-0.2, -0.15) is 4.31 Å². The molecule has 0 aromatic heterocycles. The molecule has 2 aromatic carbocycles. The van der Waals surface area contributed by atoms with Gasteiger partial charge in [0.15, 0.2) is 5.11 Å². The summed E-state index contributed by atoms with van der Waals surface area (Å²) in [5.74, 6) is 0.864. The number of rotatable bonds is 7. The minimum Gasteiger partial charge on any atom is -0.495 e. The van der Waals surface area contributed by atoms with Crippen molar-refractivity contribution in [3.63, 3.8) is 0 Å². The van der Waals surface area contributed by atoms with Crippen LogP contribution >= 0.6 is 12.2 Å². The van der Waals surface area contributed by atoms with E-state index in [0.717, 1.165) is 48.9 Å². The van der Waals surface area contributed by atoms with E-state index in [2.05, 4.69) is 21.2 Å². The Hall–Kier alpha value is -2.36. The first kappa shape index (κ1) is 24.3. The smallest absolute Gasteiger partial charge is 0.243 e. The van der Waals surface area contributed by atoms with Gasteiger partial charge in [-0.05, 0) is 49.0 Å². The highest BCUT2D eigenvalue weighted by molar-refractivity contribution is 7.89. The van der Waals surface area contributed by atoms with Crippen LogP contribution in [0.5, 0.6) is 5.75 Å². The van der Waals surface area contributed by atoms with E-state index in [1.54, 1.807) is 19.2 Å². The van der Waals surface area contributed by atoms with E-state index in [9.17, 15) is 8.42 Å². The van der Waals surface area contributed by atoms with Crippen LogP contribution in [0.25, 0.3) is 0 Å². The first-order valence-corrected chi connectivity index (χ1v) is 12.7. The van der Waals surface area contributed by atoms with Gasteiger partial charge in [-0.1, -0.05) is 32.0 Å². The molecule has 9 heteroatoms. The molecule has 0 amide bonds. The third-order valence-electron chi connectivity index (χ3n) is 5.79. The summed E-state index contributed by atoms with van der Waals surface area (Å²) >= 11 is 5.67. The second kappa shape index (κ2) is 10.5. The summed E-state index contributed by atoms with van der Waals surface area (Å²) in [4.78, 5) is 4.69. The number of nitrogens with one attached hydrogen (secondary N) is 1. The summed E-state index contributed by atoms with van der Waals surface area (Å²) in [5, 5.41) is 3.88. The van der Waals surface area contributed by atoms with Crippen molar-refractivity contribution in [1.82, 2.24) is 9.21 Å². The number of hydrogen-bond acceptors (Lipinski definition) is 5. The maximum atomic E-state index is 12.9. The molecule has 1 N–H and O–H groups in total. The van der Waals surface area contributed by atoms with E-state index >= 15 is 0 Å². The number of ether oxygens (including phenoxy) is 1. The van der Waals surface area contributed by atoms with E-state index in [-0.39, 0.29) is 4.90 Å². The fourth-order valence-electron chi connectivity index (χ4n) is 3.84. The molecule has 1 fully saturated rings. The van der Waals surface area contributed by atoms with E-state index in [1.807, 2.05) is 45.0 Å². The highest BCUT2D eigenvalue weighted by Crippen LogP contribution is 2.29. The molecule has 7 nitrogen and oxygen atoms in total. The summed E-state index contributed by atoms with van der Waals surface area (Å²) in [6.07, 6.45) is 0. The topological polar surface area (TPSA) is 65.1 Å². The number of benzene rings is 2. The maximum Gasteiger partial charge on any atom is 0.243 e. The lowest BCUT2D eigenvalue weighted by Crippen LogP contribution is -2.50. The minimum absolute atomic E-state index is 0.276. The second-order valence-corrected chi connectivity index (χ2v) is 9.97. The lowest BCUT2D eigenvalue weighted by molar-refractivity contribution is 0.382. The van der Waals surface area contributed by atoms with Gasteiger partial charge in [-0.15, -0.1) is 0 Å². The second-order valence-electron chi connectivity index (χ2n) is 7.64. The van der Waals surface area contributed by atoms with Crippen LogP contribution in [0.15, 0.2) is 47.4 Å². The van der Waals surface area contributed by atoms with Crippen LogP contribution in [0, 0.1) is 6.92 Å². The van der Waals surface area contributed by atoms with E-state index in [0.29, 0.717) is 18.2 Å². The number of para-hydroxylation sites is 2. The third-order valence-corrected chi connectivity index (χ3v) is 8.19. The highest BCUT2D eigenvalue weighted by Gasteiger charge is 2.24. The molecule has 1 aliphatic heterocycles. The number of sulfonamides is 1. The van der Waals surface area contributed by atoms with Crippen LogP contribution in [0.4, 0.5) is 11.4 Å². The van der Waals surface area contributed by atoms with Crippen molar-refractivity contribution in [2.24, 2.45) is 0 Å². The average molecular weight is 477 g/mol. The van der Waals surface area contributed by atoms with Crippen molar-refractivity contribution >= 4 is 38.7 Å².